The Kier molecular flexibility index (Phi) is 11.9. The lowest BCUT2D eigenvalue weighted by Gasteiger charge is -2.21. The highest BCUT2D eigenvalue weighted by atomic mass is 32.2. The van der Waals surface area contributed by atoms with Crippen LogP contribution in [0.15, 0.2) is 35.2 Å². The van der Waals surface area contributed by atoms with Crippen molar-refractivity contribution in [3.63, 3.8) is 0 Å². The first-order valence-electron chi connectivity index (χ1n) is 10.5. The fourth-order valence-corrected chi connectivity index (χ4v) is 4.38. The molecule has 1 aromatic rings. The molecule has 3 nitrogen and oxygen atoms in total. The van der Waals surface area contributed by atoms with Crippen LogP contribution in [0.1, 0.15) is 91.4 Å². The average Bonchev–Trinajstić information content (AvgIpc) is 2.62. The standard InChI is InChI=1S/C22H38O3S/c1-4-5-6-7-8-9-10-11-12-16-19-22(20(2)3)25-26(23,24)21-17-14-13-15-18-21/h13-15,17-18,20,22H,4-12,16,19H2,1-3H3. The summed E-state index contributed by atoms with van der Waals surface area (Å²) in [7, 11) is -3.67. The molecule has 26 heavy (non-hydrogen) atoms. The Morgan fingerprint density at radius 1 is 0.808 bits per heavy atom. The minimum Gasteiger partial charge on any atom is -0.263 e. The summed E-state index contributed by atoms with van der Waals surface area (Å²) >= 11 is 0. The molecule has 0 spiro atoms. The number of unbranched alkanes of at least 4 members (excludes halogenated alkanes) is 9. The Hall–Kier alpha value is -0.870. The van der Waals surface area contributed by atoms with Crippen molar-refractivity contribution in [2.75, 3.05) is 0 Å². The second-order valence-electron chi connectivity index (χ2n) is 7.62. The van der Waals surface area contributed by atoms with E-state index in [1.54, 1.807) is 24.3 Å². The van der Waals surface area contributed by atoms with Crippen LogP contribution in [-0.2, 0) is 14.3 Å². The molecule has 4 heteroatoms. The Bertz CT molecular complexity index is 552. The molecule has 1 rings (SSSR count). The minimum absolute atomic E-state index is 0.187. The number of rotatable bonds is 15. The van der Waals surface area contributed by atoms with E-state index >= 15 is 0 Å². The molecule has 1 aromatic carbocycles. The second kappa shape index (κ2) is 13.3. The topological polar surface area (TPSA) is 43.4 Å². The zero-order valence-corrected chi connectivity index (χ0v) is 17.8. The van der Waals surface area contributed by atoms with Crippen molar-refractivity contribution in [3.8, 4) is 0 Å². The third kappa shape index (κ3) is 9.72. The fraction of sp³-hybridized carbons (Fsp3) is 0.727. The first-order chi connectivity index (χ1) is 12.5. The number of benzene rings is 1. The van der Waals surface area contributed by atoms with Crippen LogP contribution in [0.4, 0.5) is 0 Å². The van der Waals surface area contributed by atoms with E-state index < -0.39 is 10.1 Å². The van der Waals surface area contributed by atoms with Crippen molar-refractivity contribution in [2.24, 2.45) is 5.92 Å². The van der Waals surface area contributed by atoms with E-state index in [0.717, 1.165) is 19.3 Å². The maximum absolute atomic E-state index is 12.4. The molecular formula is C22H38O3S. The molecule has 1 atom stereocenters. The predicted molar refractivity (Wildman–Crippen MR) is 110 cm³/mol. The molecule has 0 bridgehead atoms. The van der Waals surface area contributed by atoms with Crippen LogP contribution >= 0.6 is 0 Å². The van der Waals surface area contributed by atoms with Crippen LogP contribution in [0.3, 0.4) is 0 Å². The molecule has 0 heterocycles. The molecule has 0 fully saturated rings. The maximum Gasteiger partial charge on any atom is 0.297 e. The average molecular weight is 383 g/mol. The van der Waals surface area contributed by atoms with Crippen molar-refractivity contribution in [1.82, 2.24) is 0 Å². The van der Waals surface area contributed by atoms with Gasteiger partial charge in [-0.15, -0.1) is 0 Å². The van der Waals surface area contributed by atoms with Crippen LogP contribution in [0.2, 0.25) is 0 Å². The largest absolute Gasteiger partial charge is 0.297 e. The second-order valence-corrected chi connectivity index (χ2v) is 9.19. The van der Waals surface area contributed by atoms with Crippen molar-refractivity contribution < 1.29 is 12.6 Å². The summed E-state index contributed by atoms with van der Waals surface area (Å²) < 4.78 is 30.4. The highest BCUT2D eigenvalue weighted by Crippen LogP contribution is 2.22. The van der Waals surface area contributed by atoms with Crippen LogP contribution in [0, 0.1) is 5.92 Å². The molecule has 0 radical (unpaired) electrons. The Morgan fingerprint density at radius 2 is 1.31 bits per heavy atom. The van der Waals surface area contributed by atoms with Crippen LogP contribution < -0.4 is 0 Å². The summed E-state index contributed by atoms with van der Waals surface area (Å²) in [6.45, 7) is 6.31. The van der Waals surface area contributed by atoms with Gasteiger partial charge in [-0.05, 0) is 24.5 Å². The molecular weight excluding hydrogens is 344 g/mol. The Labute approximate surface area is 161 Å². The molecule has 0 saturated heterocycles. The summed E-state index contributed by atoms with van der Waals surface area (Å²) in [4.78, 5) is 0.244. The summed E-state index contributed by atoms with van der Waals surface area (Å²) in [6.07, 6.45) is 13.4. The normalized spacial score (nSPS) is 13.2. The summed E-state index contributed by atoms with van der Waals surface area (Å²) in [5.74, 6) is 0.187. The summed E-state index contributed by atoms with van der Waals surface area (Å²) in [5, 5.41) is 0. The van der Waals surface area contributed by atoms with Gasteiger partial charge in [0.25, 0.3) is 10.1 Å². The van der Waals surface area contributed by atoms with Gasteiger partial charge in [-0.2, -0.15) is 8.42 Å². The summed E-state index contributed by atoms with van der Waals surface area (Å²) in [6, 6.07) is 8.44. The third-order valence-electron chi connectivity index (χ3n) is 4.87. The SMILES string of the molecule is CCCCCCCCCCCCC(OS(=O)(=O)c1ccccc1)C(C)C. The van der Waals surface area contributed by atoms with Gasteiger partial charge in [-0.1, -0.05) is 103 Å². The van der Waals surface area contributed by atoms with E-state index in [-0.39, 0.29) is 16.9 Å². The molecule has 1 unspecified atom stereocenters. The number of hydrogen-bond donors (Lipinski definition) is 0. The van der Waals surface area contributed by atoms with Gasteiger partial charge < -0.3 is 0 Å². The van der Waals surface area contributed by atoms with Crippen LogP contribution in [-0.4, -0.2) is 14.5 Å². The zero-order chi connectivity index (χ0) is 19.3. The lowest BCUT2D eigenvalue weighted by molar-refractivity contribution is 0.145. The van der Waals surface area contributed by atoms with Crippen LogP contribution in [0.5, 0.6) is 0 Å². The third-order valence-corrected chi connectivity index (χ3v) is 6.22. The number of hydrogen-bond acceptors (Lipinski definition) is 3. The first-order valence-corrected chi connectivity index (χ1v) is 11.9. The quantitative estimate of drug-likeness (QED) is 0.249. The van der Waals surface area contributed by atoms with E-state index in [1.807, 2.05) is 19.9 Å². The summed E-state index contributed by atoms with van der Waals surface area (Å²) in [5.41, 5.74) is 0. The molecule has 150 valence electrons. The molecule has 0 N–H and O–H groups in total. The van der Waals surface area contributed by atoms with Crippen molar-refractivity contribution in [1.29, 1.82) is 0 Å². The van der Waals surface area contributed by atoms with Crippen molar-refractivity contribution >= 4 is 10.1 Å². The first kappa shape index (κ1) is 23.2. The van der Waals surface area contributed by atoms with Crippen molar-refractivity contribution in [3.05, 3.63) is 30.3 Å². The smallest absolute Gasteiger partial charge is 0.263 e. The lowest BCUT2D eigenvalue weighted by atomic mass is 10.00. The Morgan fingerprint density at radius 3 is 1.81 bits per heavy atom. The van der Waals surface area contributed by atoms with Gasteiger partial charge in [-0.3, -0.25) is 4.18 Å². The lowest BCUT2D eigenvalue weighted by Crippen LogP contribution is -2.24. The van der Waals surface area contributed by atoms with Gasteiger partial charge >= 0.3 is 0 Å². The van der Waals surface area contributed by atoms with Gasteiger partial charge in [0.1, 0.15) is 0 Å². The van der Waals surface area contributed by atoms with E-state index in [1.165, 1.54) is 51.4 Å². The minimum atomic E-state index is -3.67. The molecule has 0 saturated carbocycles. The highest BCUT2D eigenvalue weighted by molar-refractivity contribution is 7.86. The zero-order valence-electron chi connectivity index (χ0n) is 17.0. The molecule has 0 amide bonds. The van der Waals surface area contributed by atoms with Crippen LogP contribution in [0.25, 0.3) is 0 Å². The van der Waals surface area contributed by atoms with E-state index in [4.69, 9.17) is 4.18 Å². The maximum atomic E-state index is 12.4. The molecule has 0 aliphatic rings. The van der Waals surface area contributed by atoms with Gasteiger partial charge in [0.15, 0.2) is 0 Å². The molecule has 0 aliphatic carbocycles. The fourth-order valence-electron chi connectivity index (χ4n) is 3.13. The van der Waals surface area contributed by atoms with E-state index in [0.29, 0.717) is 0 Å². The highest BCUT2D eigenvalue weighted by Gasteiger charge is 2.23. The van der Waals surface area contributed by atoms with Gasteiger partial charge in [0.2, 0.25) is 0 Å². The predicted octanol–water partition coefficient (Wildman–Crippen LogP) is 6.73. The van der Waals surface area contributed by atoms with E-state index in [2.05, 4.69) is 6.92 Å². The van der Waals surface area contributed by atoms with Crippen molar-refractivity contribution in [2.45, 2.75) is 102 Å². The van der Waals surface area contributed by atoms with Gasteiger partial charge in [0.05, 0.1) is 11.0 Å². The van der Waals surface area contributed by atoms with Gasteiger partial charge in [-0.25, -0.2) is 0 Å². The Balaban J connectivity index is 2.25. The molecule has 0 aromatic heterocycles. The molecule has 0 aliphatic heterocycles. The monoisotopic (exact) mass is 382 g/mol. The van der Waals surface area contributed by atoms with E-state index in [9.17, 15) is 8.42 Å². The van der Waals surface area contributed by atoms with Gasteiger partial charge in [0, 0.05) is 0 Å².